The number of rotatable bonds is 7. The van der Waals surface area contributed by atoms with Gasteiger partial charge in [-0.3, -0.25) is 4.90 Å². The molecule has 4 heteroatoms. The summed E-state index contributed by atoms with van der Waals surface area (Å²) in [5.41, 5.74) is 5.63. The van der Waals surface area contributed by atoms with Crippen molar-refractivity contribution in [1.29, 1.82) is 0 Å². The predicted octanol–water partition coefficient (Wildman–Crippen LogP) is 1.41. The highest BCUT2D eigenvalue weighted by Crippen LogP contribution is 2.02. The van der Waals surface area contributed by atoms with Crippen LogP contribution in [0.1, 0.15) is 27.2 Å². The zero-order chi connectivity index (χ0) is 11.1. The Hall–Kier alpha value is -0.190. The zero-order valence-electron chi connectivity index (χ0n) is 9.62. The molecule has 3 nitrogen and oxygen atoms in total. The first-order chi connectivity index (χ1) is 6.49. The summed E-state index contributed by atoms with van der Waals surface area (Å²) in [7, 11) is 2.02. The van der Waals surface area contributed by atoms with E-state index in [9.17, 15) is 0 Å². The monoisotopic (exact) mass is 218 g/mol. The Kier molecular flexibility index (Phi) is 7.05. The van der Waals surface area contributed by atoms with Gasteiger partial charge < -0.3 is 10.5 Å². The van der Waals surface area contributed by atoms with Gasteiger partial charge in [0.1, 0.15) is 0 Å². The van der Waals surface area contributed by atoms with Crippen LogP contribution < -0.4 is 5.73 Å². The number of hydrogen-bond donors (Lipinski definition) is 1. The molecule has 0 fully saturated rings. The summed E-state index contributed by atoms with van der Waals surface area (Å²) in [6.07, 6.45) is 1.24. The highest BCUT2D eigenvalue weighted by Gasteiger charge is 2.14. The molecule has 0 aliphatic carbocycles. The van der Waals surface area contributed by atoms with E-state index in [-0.39, 0.29) is 12.1 Å². The molecule has 0 bridgehead atoms. The molecular weight excluding hydrogens is 196 g/mol. The van der Waals surface area contributed by atoms with Gasteiger partial charge >= 0.3 is 0 Å². The predicted molar refractivity (Wildman–Crippen MR) is 64.6 cm³/mol. The summed E-state index contributed by atoms with van der Waals surface area (Å²) in [4.78, 5) is 2.71. The molecule has 0 heterocycles. The van der Waals surface area contributed by atoms with Crippen molar-refractivity contribution in [3.05, 3.63) is 0 Å². The van der Waals surface area contributed by atoms with Crippen molar-refractivity contribution >= 4 is 17.2 Å². The van der Waals surface area contributed by atoms with Crippen molar-refractivity contribution in [3.63, 3.8) is 0 Å². The molecule has 1 unspecified atom stereocenters. The summed E-state index contributed by atoms with van der Waals surface area (Å²) in [6, 6.07) is 0.195. The van der Waals surface area contributed by atoms with Crippen LogP contribution in [0.4, 0.5) is 0 Å². The van der Waals surface area contributed by atoms with E-state index in [4.69, 9.17) is 22.7 Å². The van der Waals surface area contributed by atoms with Crippen molar-refractivity contribution in [2.24, 2.45) is 5.73 Å². The van der Waals surface area contributed by atoms with E-state index < -0.39 is 0 Å². The molecule has 1 atom stereocenters. The Labute approximate surface area is 92.6 Å². The highest BCUT2D eigenvalue weighted by molar-refractivity contribution is 7.80. The van der Waals surface area contributed by atoms with Crippen molar-refractivity contribution in [2.75, 3.05) is 20.2 Å². The topological polar surface area (TPSA) is 38.5 Å². The molecule has 0 aromatic carbocycles. The number of nitrogens with zero attached hydrogens (tertiary/aromatic N) is 1. The molecule has 0 radical (unpaired) electrons. The van der Waals surface area contributed by atoms with Crippen LogP contribution in [0.3, 0.4) is 0 Å². The van der Waals surface area contributed by atoms with E-state index in [0.29, 0.717) is 4.99 Å². The number of likely N-dealkylation sites (N-methyl/N-ethyl adjacent to an activating group) is 1. The van der Waals surface area contributed by atoms with E-state index in [1.54, 1.807) is 0 Å². The summed E-state index contributed by atoms with van der Waals surface area (Å²) < 4.78 is 5.46. The third-order valence-electron chi connectivity index (χ3n) is 2.14. The minimum atomic E-state index is 0.195. The average Bonchev–Trinajstić information content (AvgIpc) is 2.03. The summed E-state index contributed by atoms with van der Waals surface area (Å²) in [5.74, 6) is 0. The Morgan fingerprint density at radius 3 is 2.43 bits per heavy atom. The van der Waals surface area contributed by atoms with Gasteiger partial charge in [-0.2, -0.15) is 0 Å². The second-order valence-electron chi connectivity index (χ2n) is 3.73. The van der Waals surface area contributed by atoms with Gasteiger partial charge in [0.2, 0.25) is 0 Å². The van der Waals surface area contributed by atoms with Gasteiger partial charge in [0.05, 0.1) is 23.7 Å². The Balaban J connectivity index is 3.81. The second kappa shape index (κ2) is 7.15. The third kappa shape index (κ3) is 5.52. The lowest BCUT2D eigenvalue weighted by Crippen LogP contribution is -2.42. The lowest BCUT2D eigenvalue weighted by Gasteiger charge is -2.26. The molecule has 2 N–H and O–H groups in total. The van der Waals surface area contributed by atoms with Crippen molar-refractivity contribution in [2.45, 2.75) is 39.3 Å². The zero-order valence-corrected chi connectivity index (χ0v) is 10.4. The first-order valence-corrected chi connectivity index (χ1v) is 5.51. The van der Waals surface area contributed by atoms with E-state index in [1.807, 2.05) is 20.9 Å². The maximum Gasteiger partial charge on any atom is 0.0901 e. The van der Waals surface area contributed by atoms with Gasteiger partial charge in [0, 0.05) is 6.54 Å². The molecule has 0 aromatic heterocycles. The van der Waals surface area contributed by atoms with Crippen LogP contribution in [-0.2, 0) is 4.74 Å². The molecule has 0 aromatic rings. The van der Waals surface area contributed by atoms with Crippen molar-refractivity contribution in [3.8, 4) is 0 Å². The molecule has 84 valence electrons. The van der Waals surface area contributed by atoms with Crippen LogP contribution in [0.15, 0.2) is 0 Å². The van der Waals surface area contributed by atoms with Crippen LogP contribution in [0.5, 0.6) is 0 Å². The maximum absolute atomic E-state index is 5.63. The molecule has 0 spiro atoms. The normalized spacial score (nSPS) is 13.6. The summed E-state index contributed by atoms with van der Waals surface area (Å²) in [5, 5.41) is 0. The SMILES string of the molecule is CCC(C(N)=S)N(C)CCOC(C)C. The number of thiocarbonyl (C=S) groups is 1. The standard InChI is InChI=1S/C10H22N2OS/c1-5-9(10(11)14)12(4)6-7-13-8(2)3/h8-9H,5-7H2,1-4H3,(H2,11,14). The second-order valence-corrected chi connectivity index (χ2v) is 4.20. The molecule has 0 aliphatic rings. The molecule has 0 saturated heterocycles. The van der Waals surface area contributed by atoms with Gasteiger partial charge in [-0.05, 0) is 27.3 Å². The minimum Gasteiger partial charge on any atom is -0.392 e. The molecular formula is C10H22N2OS. The van der Waals surface area contributed by atoms with E-state index in [2.05, 4.69) is 11.8 Å². The van der Waals surface area contributed by atoms with Crippen molar-refractivity contribution in [1.82, 2.24) is 4.90 Å². The van der Waals surface area contributed by atoms with Crippen LogP contribution >= 0.6 is 12.2 Å². The largest absolute Gasteiger partial charge is 0.392 e. The number of nitrogens with two attached hydrogens (primary N) is 1. The van der Waals surface area contributed by atoms with Gasteiger partial charge in [0.15, 0.2) is 0 Å². The summed E-state index contributed by atoms with van der Waals surface area (Å²) >= 11 is 4.99. The molecule has 0 saturated carbocycles. The molecule has 0 rings (SSSR count). The maximum atomic E-state index is 5.63. The molecule has 14 heavy (non-hydrogen) atoms. The quantitative estimate of drug-likeness (QED) is 0.656. The van der Waals surface area contributed by atoms with E-state index >= 15 is 0 Å². The fourth-order valence-corrected chi connectivity index (χ4v) is 1.66. The van der Waals surface area contributed by atoms with Gasteiger partial charge in [-0.25, -0.2) is 0 Å². The molecule has 0 aliphatic heterocycles. The van der Waals surface area contributed by atoms with Crippen LogP contribution in [0, 0.1) is 0 Å². The Bertz CT molecular complexity index is 174. The van der Waals surface area contributed by atoms with Crippen LogP contribution in [-0.4, -0.2) is 42.2 Å². The lowest BCUT2D eigenvalue weighted by molar-refractivity contribution is 0.0606. The summed E-state index contributed by atoms with van der Waals surface area (Å²) in [6.45, 7) is 7.75. The molecule has 0 amide bonds. The van der Waals surface area contributed by atoms with Gasteiger partial charge in [-0.1, -0.05) is 19.1 Å². The first kappa shape index (κ1) is 13.8. The third-order valence-corrected chi connectivity index (χ3v) is 2.41. The highest BCUT2D eigenvalue weighted by atomic mass is 32.1. The smallest absolute Gasteiger partial charge is 0.0901 e. The lowest BCUT2D eigenvalue weighted by atomic mass is 10.2. The van der Waals surface area contributed by atoms with Crippen molar-refractivity contribution < 1.29 is 4.74 Å². The van der Waals surface area contributed by atoms with E-state index in [1.165, 1.54) is 0 Å². The first-order valence-electron chi connectivity index (χ1n) is 5.10. The Morgan fingerprint density at radius 1 is 1.50 bits per heavy atom. The number of hydrogen-bond acceptors (Lipinski definition) is 3. The minimum absolute atomic E-state index is 0.195. The Morgan fingerprint density at radius 2 is 2.07 bits per heavy atom. The fourth-order valence-electron chi connectivity index (χ4n) is 1.32. The van der Waals surface area contributed by atoms with Gasteiger partial charge in [0.25, 0.3) is 0 Å². The van der Waals surface area contributed by atoms with E-state index in [0.717, 1.165) is 19.6 Å². The fraction of sp³-hybridized carbons (Fsp3) is 0.900. The van der Waals surface area contributed by atoms with Crippen LogP contribution in [0.25, 0.3) is 0 Å². The number of ether oxygens (including phenoxy) is 1. The van der Waals surface area contributed by atoms with Crippen LogP contribution in [0.2, 0.25) is 0 Å². The average molecular weight is 218 g/mol. The van der Waals surface area contributed by atoms with Gasteiger partial charge in [-0.15, -0.1) is 0 Å².